The minimum absolute atomic E-state index is 0.125. The van der Waals surface area contributed by atoms with E-state index in [1.807, 2.05) is 6.07 Å². The van der Waals surface area contributed by atoms with Crippen LogP contribution in [0.25, 0.3) is 11.4 Å². The summed E-state index contributed by atoms with van der Waals surface area (Å²) in [5, 5.41) is 8.93. The lowest BCUT2D eigenvalue weighted by atomic mass is 10.1. The Morgan fingerprint density at radius 2 is 1.94 bits per heavy atom. The molecule has 92 valence electrons. The molecule has 3 nitrogen and oxygen atoms in total. The zero-order valence-electron chi connectivity index (χ0n) is 9.36. The molecule has 0 saturated heterocycles. The number of hydrogen-bond donors (Lipinski definition) is 0. The Hall–Kier alpha value is -2.29. The van der Waals surface area contributed by atoms with Gasteiger partial charge in [0.15, 0.2) is 5.69 Å². The maximum atomic E-state index is 12.5. The average molecular weight is 251 g/mol. The van der Waals surface area contributed by atoms with E-state index < -0.39 is 11.9 Å². The number of aryl methyl sites for hydroxylation is 1. The van der Waals surface area contributed by atoms with Gasteiger partial charge in [-0.2, -0.15) is 18.4 Å². The van der Waals surface area contributed by atoms with Gasteiger partial charge in [-0.15, -0.1) is 0 Å². The molecule has 0 bridgehead atoms. The maximum Gasteiger partial charge on any atom is 0.434 e. The van der Waals surface area contributed by atoms with Crippen molar-refractivity contribution in [3.8, 4) is 17.5 Å². The molecule has 0 amide bonds. The third-order valence-corrected chi connectivity index (χ3v) is 2.46. The molecule has 1 heterocycles. The fourth-order valence-corrected chi connectivity index (χ4v) is 1.63. The van der Waals surface area contributed by atoms with Gasteiger partial charge in [-0.25, -0.2) is 4.98 Å². The van der Waals surface area contributed by atoms with E-state index in [9.17, 15) is 13.2 Å². The molecule has 0 aliphatic carbocycles. The van der Waals surface area contributed by atoms with Crippen molar-refractivity contribution in [3.05, 3.63) is 41.7 Å². The van der Waals surface area contributed by atoms with Crippen LogP contribution in [0.1, 0.15) is 11.3 Å². The molecular formula is C12H8F3N3. The van der Waals surface area contributed by atoms with Crippen molar-refractivity contribution in [3.63, 3.8) is 0 Å². The topological polar surface area (TPSA) is 41.6 Å². The number of halogens is 3. The number of benzene rings is 1. The van der Waals surface area contributed by atoms with E-state index >= 15 is 0 Å². The van der Waals surface area contributed by atoms with Crippen LogP contribution in [0.15, 0.2) is 30.5 Å². The van der Waals surface area contributed by atoms with E-state index in [-0.39, 0.29) is 5.82 Å². The van der Waals surface area contributed by atoms with Gasteiger partial charge in [-0.3, -0.25) is 0 Å². The lowest BCUT2D eigenvalue weighted by Gasteiger charge is -2.03. The standard InChI is InChI=1S/C12H8F3N3/c1-18-7-10(12(13,14)15)17-11(18)9-5-3-2-4-8(9)6-16/h2-5,7H,1H3. The highest BCUT2D eigenvalue weighted by Gasteiger charge is 2.34. The molecule has 1 aromatic carbocycles. The first-order valence-corrected chi connectivity index (χ1v) is 5.03. The third-order valence-electron chi connectivity index (χ3n) is 2.46. The van der Waals surface area contributed by atoms with E-state index in [1.165, 1.54) is 17.7 Å². The first-order chi connectivity index (χ1) is 8.43. The summed E-state index contributed by atoms with van der Waals surface area (Å²) >= 11 is 0. The van der Waals surface area contributed by atoms with Gasteiger partial charge in [0.2, 0.25) is 0 Å². The van der Waals surface area contributed by atoms with Crippen molar-refractivity contribution < 1.29 is 13.2 Å². The number of imidazole rings is 1. The summed E-state index contributed by atoms with van der Waals surface area (Å²) in [6, 6.07) is 8.34. The Kier molecular flexibility index (Phi) is 2.83. The minimum Gasteiger partial charge on any atom is -0.333 e. The number of nitriles is 1. The van der Waals surface area contributed by atoms with E-state index in [1.54, 1.807) is 18.2 Å². The van der Waals surface area contributed by atoms with Crippen molar-refractivity contribution in [2.45, 2.75) is 6.18 Å². The quantitative estimate of drug-likeness (QED) is 0.781. The van der Waals surface area contributed by atoms with Crippen LogP contribution < -0.4 is 0 Å². The smallest absolute Gasteiger partial charge is 0.333 e. The molecule has 0 saturated carbocycles. The van der Waals surface area contributed by atoms with Crippen molar-refractivity contribution >= 4 is 0 Å². The van der Waals surface area contributed by atoms with Gasteiger partial charge >= 0.3 is 6.18 Å². The Balaban J connectivity index is 2.59. The Bertz CT molecular complexity index is 620. The van der Waals surface area contributed by atoms with Crippen LogP contribution in [0.3, 0.4) is 0 Å². The Labute approximate surface area is 101 Å². The van der Waals surface area contributed by atoms with Crippen molar-refractivity contribution in [1.82, 2.24) is 9.55 Å². The van der Waals surface area contributed by atoms with E-state index in [0.29, 0.717) is 11.1 Å². The van der Waals surface area contributed by atoms with E-state index in [0.717, 1.165) is 6.20 Å². The van der Waals surface area contributed by atoms with Gasteiger partial charge in [-0.1, -0.05) is 12.1 Å². The van der Waals surface area contributed by atoms with Gasteiger partial charge in [0.05, 0.1) is 11.6 Å². The highest BCUT2D eigenvalue weighted by molar-refractivity contribution is 5.65. The molecule has 0 N–H and O–H groups in total. The molecule has 0 unspecified atom stereocenters. The molecule has 1 aromatic heterocycles. The van der Waals surface area contributed by atoms with E-state index in [2.05, 4.69) is 4.98 Å². The predicted octanol–water partition coefficient (Wildman–Crippen LogP) is 2.98. The molecule has 0 spiro atoms. The van der Waals surface area contributed by atoms with Crippen LogP contribution in [0.2, 0.25) is 0 Å². The number of hydrogen-bond acceptors (Lipinski definition) is 2. The molecule has 0 radical (unpaired) electrons. The summed E-state index contributed by atoms with van der Waals surface area (Å²) in [5.41, 5.74) is -0.286. The van der Waals surface area contributed by atoms with Crippen LogP contribution >= 0.6 is 0 Å². The molecule has 0 fully saturated rings. The van der Waals surface area contributed by atoms with E-state index in [4.69, 9.17) is 5.26 Å². The van der Waals surface area contributed by atoms with Crippen LogP contribution in [-0.2, 0) is 13.2 Å². The summed E-state index contributed by atoms with van der Waals surface area (Å²) in [6.07, 6.45) is -3.58. The molecular weight excluding hydrogens is 243 g/mol. The van der Waals surface area contributed by atoms with Crippen molar-refractivity contribution in [2.24, 2.45) is 7.05 Å². The Morgan fingerprint density at radius 1 is 1.28 bits per heavy atom. The lowest BCUT2D eigenvalue weighted by Crippen LogP contribution is -2.04. The fourth-order valence-electron chi connectivity index (χ4n) is 1.63. The molecule has 0 aliphatic rings. The van der Waals surface area contributed by atoms with Crippen molar-refractivity contribution in [1.29, 1.82) is 5.26 Å². The van der Waals surface area contributed by atoms with Crippen LogP contribution in [0, 0.1) is 11.3 Å². The number of rotatable bonds is 1. The lowest BCUT2D eigenvalue weighted by molar-refractivity contribution is -0.140. The van der Waals surface area contributed by atoms with Gasteiger partial charge in [0.1, 0.15) is 5.82 Å². The zero-order chi connectivity index (χ0) is 13.3. The first kappa shape index (κ1) is 12.2. The van der Waals surface area contributed by atoms with Gasteiger partial charge in [0, 0.05) is 18.8 Å². The predicted molar refractivity (Wildman–Crippen MR) is 58.4 cm³/mol. The molecule has 0 aliphatic heterocycles. The molecule has 2 aromatic rings. The summed E-state index contributed by atoms with van der Waals surface area (Å²) in [6.45, 7) is 0. The largest absolute Gasteiger partial charge is 0.434 e. The maximum absolute atomic E-state index is 12.5. The van der Waals surface area contributed by atoms with Gasteiger partial charge in [0.25, 0.3) is 0 Å². The summed E-state index contributed by atoms with van der Waals surface area (Å²) in [4.78, 5) is 3.55. The summed E-state index contributed by atoms with van der Waals surface area (Å²) < 4.78 is 38.9. The number of nitrogens with zero attached hydrogens (tertiary/aromatic N) is 3. The number of aromatic nitrogens is 2. The second-order valence-corrected chi connectivity index (χ2v) is 3.72. The van der Waals surface area contributed by atoms with Crippen LogP contribution in [0.5, 0.6) is 0 Å². The summed E-state index contributed by atoms with van der Waals surface area (Å²) in [5.74, 6) is 0.125. The highest BCUT2D eigenvalue weighted by atomic mass is 19.4. The normalized spacial score (nSPS) is 11.3. The molecule has 2 rings (SSSR count). The van der Waals surface area contributed by atoms with Crippen LogP contribution in [-0.4, -0.2) is 9.55 Å². The fraction of sp³-hybridized carbons (Fsp3) is 0.167. The van der Waals surface area contributed by atoms with Gasteiger partial charge in [-0.05, 0) is 12.1 Å². The average Bonchev–Trinajstić information content (AvgIpc) is 2.71. The highest BCUT2D eigenvalue weighted by Crippen LogP contribution is 2.31. The second kappa shape index (κ2) is 4.18. The SMILES string of the molecule is Cn1cc(C(F)(F)F)nc1-c1ccccc1C#N. The Morgan fingerprint density at radius 3 is 2.50 bits per heavy atom. The van der Waals surface area contributed by atoms with Gasteiger partial charge < -0.3 is 4.57 Å². The summed E-state index contributed by atoms with van der Waals surface area (Å²) in [7, 11) is 1.46. The third kappa shape index (κ3) is 2.07. The first-order valence-electron chi connectivity index (χ1n) is 5.03. The molecule has 18 heavy (non-hydrogen) atoms. The molecule has 0 atom stereocenters. The van der Waals surface area contributed by atoms with Crippen LogP contribution in [0.4, 0.5) is 13.2 Å². The second-order valence-electron chi connectivity index (χ2n) is 3.72. The minimum atomic E-state index is -4.49. The molecule has 6 heteroatoms. The van der Waals surface area contributed by atoms with Crippen molar-refractivity contribution in [2.75, 3.05) is 0 Å². The number of alkyl halides is 3. The zero-order valence-corrected chi connectivity index (χ0v) is 9.36. The monoisotopic (exact) mass is 251 g/mol.